The average Bonchev–Trinajstić information content (AvgIpc) is 3.15. The Morgan fingerprint density at radius 2 is 2.05 bits per heavy atom. The smallest absolute Gasteiger partial charge is 0.226 e. The molecule has 3 aliphatic rings. The third-order valence-electron chi connectivity index (χ3n) is 5.90. The van der Waals surface area contributed by atoms with E-state index >= 15 is 0 Å². The Balaban J connectivity index is 1.49. The second-order valence-electron chi connectivity index (χ2n) is 7.13. The monoisotopic (exact) mass is 301 g/mol. The highest BCUT2D eigenvalue weighted by Gasteiger charge is 2.50. The Bertz CT molecular complexity index is 562. The van der Waals surface area contributed by atoms with Crippen molar-refractivity contribution in [3.63, 3.8) is 0 Å². The van der Waals surface area contributed by atoms with Crippen LogP contribution in [0, 0.1) is 17.3 Å². The molecule has 0 unspecified atom stereocenters. The Hall–Kier alpha value is -1.39. The molecule has 1 amide bonds. The standard InChI is InChI=1S/C18H23NO3/c20-12-18-5-6-22-10-16(18)9-19(11-18)17(21)15-7-13-3-1-2-4-14(13)8-15/h1-4,15-16,20H,5-12H2/t16-,18-/m1/s1. The summed E-state index contributed by atoms with van der Waals surface area (Å²) in [6.45, 7) is 2.98. The van der Waals surface area contributed by atoms with Crippen molar-refractivity contribution in [1.82, 2.24) is 4.90 Å². The molecule has 2 aliphatic heterocycles. The largest absolute Gasteiger partial charge is 0.396 e. The molecule has 2 fully saturated rings. The first-order valence-electron chi connectivity index (χ1n) is 8.26. The summed E-state index contributed by atoms with van der Waals surface area (Å²) in [6, 6.07) is 8.37. The van der Waals surface area contributed by atoms with Crippen molar-refractivity contribution in [2.75, 3.05) is 32.9 Å². The molecule has 118 valence electrons. The average molecular weight is 301 g/mol. The molecule has 0 bridgehead atoms. The summed E-state index contributed by atoms with van der Waals surface area (Å²) >= 11 is 0. The fraction of sp³-hybridized carbons (Fsp3) is 0.611. The van der Waals surface area contributed by atoms with Crippen LogP contribution < -0.4 is 0 Å². The lowest BCUT2D eigenvalue weighted by molar-refractivity contribution is -0.134. The Labute approximate surface area is 131 Å². The van der Waals surface area contributed by atoms with Crippen molar-refractivity contribution in [3.8, 4) is 0 Å². The van der Waals surface area contributed by atoms with Gasteiger partial charge in [-0.3, -0.25) is 4.79 Å². The minimum Gasteiger partial charge on any atom is -0.396 e. The molecular weight excluding hydrogens is 278 g/mol. The van der Waals surface area contributed by atoms with Crippen molar-refractivity contribution >= 4 is 5.91 Å². The van der Waals surface area contributed by atoms with Gasteiger partial charge < -0.3 is 14.7 Å². The van der Waals surface area contributed by atoms with Gasteiger partial charge in [0.2, 0.25) is 5.91 Å². The van der Waals surface area contributed by atoms with E-state index in [0.717, 1.165) is 25.8 Å². The van der Waals surface area contributed by atoms with E-state index < -0.39 is 0 Å². The normalized spacial score (nSPS) is 31.1. The van der Waals surface area contributed by atoms with Crippen LogP contribution in [0.3, 0.4) is 0 Å². The number of carbonyl (C=O) groups excluding carboxylic acids is 1. The highest BCUT2D eigenvalue weighted by molar-refractivity contribution is 5.81. The van der Waals surface area contributed by atoms with E-state index in [1.165, 1.54) is 11.1 Å². The number of aliphatic hydroxyl groups is 1. The number of ether oxygens (including phenoxy) is 1. The van der Waals surface area contributed by atoms with Gasteiger partial charge in [0, 0.05) is 36.9 Å². The van der Waals surface area contributed by atoms with Gasteiger partial charge in [0.05, 0.1) is 13.2 Å². The molecule has 1 aromatic rings. The van der Waals surface area contributed by atoms with E-state index in [0.29, 0.717) is 25.7 Å². The zero-order chi connectivity index (χ0) is 15.2. The molecule has 4 nitrogen and oxygen atoms in total. The van der Waals surface area contributed by atoms with E-state index in [1.54, 1.807) is 0 Å². The number of rotatable bonds is 2. The van der Waals surface area contributed by atoms with Crippen LogP contribution in [0.25, 0.3) is 0 Å². The molecule has 1 aromatic carbocycles. The van der Waals surface area contributed by atoms with Crippen molar-refractivity contribution in [3.05, 3.63) is 35.4 Å². The van der Waals surface area contributed by atoms with Gasteiger partial charge in [-0.1, -0.05) is 24.3 Å². The molecule has 22 heavy (non-hydrogen) atoms. The molecular formula is C18H23NO3. The van der Waals surface area contributed by atoms with E-state index in [-0.39, 0.29) is 23.8 Å². The number of aliphatic hydroxyl groups excluding tert-OH is 1. The summed E-state index contributed by atoms with van der Waals surface area (Å²) in [5.41, 5.74) is 2.51. The minimum atomic E-state index is -0.126. The third kappa shape index (κ3) is 2.17. The number of amides is 1. The lowest BCUT2D eigenvalue weighted by Crippen LogP contribution is -2.42. The van der Waals surface area contributed by atoms with Crippen LogP contribution in [0.15, 0.2) is 24.3 Å². The molecule has 0 spiro atoms. The molecule has 0 saturated carbocycles. The zero-order valence-electron chi connectivity index (χ0n) is 12.8. The number of carbonyl (C=O) groups is 1. The molecule has 2 atom stereocenters. The topological polar surface area (TPSA) is 49.8 Å². The molecule has 4 rings (SSSR count). The van der Waals surface area contributed by atoms with E-state index in [2.05, 4.69) is 12.1 Å². The molecule has 1 aliphatic carbocycles. The summed E-state index contributed by atoms with van der Waals surface area (Å²) in [5, 5.41) is 9.87. The van der Waals surface area contributed by atoms with Crippen LogP contribution in [0.2, 0.25) is 0 Å². The first kappa shape index (κ1) is 14.2. The van der Waals surface area contributed by atoms with Crippen molar-refractivity contribution in [1.29, 1.82) is 0 Å². The predicted molar refractivity (Wildman–Crippen MR) is 82.4 cm³/mol. The van der Waals surface area contributed by atoms with E-state index in [1.807, 2.05) is 17.0 Å². The Kier molecular flexibility index (Phi) is 3.46. The van der Waals surface area contributed by atoms with Gasteiger partial charge in [0.1, 0.15) is 0 Å². The fourth-order valence-electron chi connectivity index (χ4n) is 4.46. The SMILES string of the molecule is O=C(C1Cc2ccccc2C1)N1C[C@@H]2COCC[C@]2(CO)C1. The van der Waals surface area contributed by atoms with Crippen LogP contribution in [0.1, 0.15) is 17.5 Å². The van der Waals surface area contributed by atoms with Gasteiger partial charge in [-0.05, 0) is 30.4 Å². The summed E-state index contributed by atoms with van der Waals surface area (Å²) in [6.07, 6.45) is 2.58. The number of fused-ring (bicyclic) bond motifs is 2. The van der Waals surface area contributed by atoms with Crippen molar-refractivity contribution < 1.29 is 14.6 Å². The summed E-state index contributed by atoms with van der Waals surface area (Å²) < 4.78 is 5.57. The third-order valence-corrected chi connectivity index (χ3v) is 5.90. The van der Waals surface area contributed by atoms with Crippen molar-refractivity contribution in [2.45, 2.75) is 19.3 Å². The van der Waals surface area contributed by atoms with Gasteiger partial charge in [0.25, 0.3) is 0 Å². The van der Waals surface area contributed by atoms with Crippen LogP contribution in [0.5, 0.6) is 0 Å². The predicted octanol–water partition coefficient (Wildman–Crippen LogP) is 1.26. The highest BCUT2D eigenvalue weighted by Crippen LogP contribution is 2.42. The van der Waals surface area contributed by atoms with Gasteiger partial charge in [0.15, 0.2) is 0 Å². The number of hydrogen-bond acceptors (Lipinski definition) is 3. The summed E-state index contributed by atoms with van der Waals surface area (Å²) in [4.78, 5) is 14.9. The molecule has 0 radical (unpaired) electrons. The zero-order valence-corrected chi connectivity index (χ0v) is 12.8. The fourth-order valence-corrected chi connectivity index (χ4v) is 4.46. The van der Waals surface area contributed by atoms with E-state index in [4.69, 9.17) is 4.74 Å². The lowest BCUT2D eigenvalue weighted by atomic mass is 9.75. The van der Waals surface area contributed by atoms with Gasteiger partial charge in [-0.15, -0.1) is 0 Å². The molecule has 0 aromatic heterocycles. The van der Waals surface area contributed by atoms with Gasteiger partial charge in [-0.2, -0.15) is 0 Å². The second kappa shape index (κ2) is 5.36. The summed E-state index contributed by atoms with van der Waals surface area (Å²) in [5.74, 6) is 0.631. The number of likely N-dealkylation sites (tertiary alicyclic amines) is 1. The van der Waals surface area contributed by atoms with E-state index in [9.17, 15) is 9.90 Å². The first-order chi connectivity index (χ1) is 10.7. The van der Waals surface area contributed by atoms with Crippen LogP contribution >= 0.6 is 0 Å². The van der Waals surface area contributed by atoms with Gasteiger partial charge in [-0.25, -0.2) is 0 Å². The maximum Gasteiger partial charge on any atom is 0.226 e. The van der Waals surface area contributed by atoms with Crippen LogP contribution in [0.4, 0.5) is 0 Å². The Morgan fingerprint density at radius 3 is 2.68 bits per heavy atom. The number of nitrogens with zero attached hydrogens (tertiary/aromatic N) is 1. The highest BCUT2D eigenvalue weighted by atomic mass is 16.5. The van der Waals surface area contributed by atoms with Crippen LogP contribution in [-0.2, 0) is 22.4 Å². The Morgan fingerprint density at radius 1 is 1.32 bits per heavy atom. The second-order valence-corrected chi connectivity index (χ2v) is 7.13. The molecule has 2 heterocycles. The maximum atomic E-state index is 12.9. The maximum absolute atomic E-state index is 12.9. The van der Waals surface area contributed by atoms with Gasteiger partial charge >= 0.3 is 0 Å². The molecule has 2 saturated heterocycles. The van der Waals surface area contributed by atoms with Crippen molar-refractivity contribution in [2.24, 2.45) is 17.3 Å². The number of hydrogen-bond donors (Lipinski definition) is 1. The lowest BCUT2D eigenvalue weighted by Gasteiger charge is -2.36. The van der Waals surface area contributed by atoms with Crippen LogP contribution in [-0.4, -0.2) is 48.8 Å². The minimum absolute atomic E-state index is 0.0780. The molecule has 4 heteroatoms. The first-order valence-corrected chi connectivity index (χ1v) is 8.26. The quantitative estimate of drug-likeness (QED) is 0.895. The molecule has 1 N–H and O–H groups in total. The summed E-state index contributed by atoms with van der Waals surface area (Å²) in [7, 11) is 0. The number of benzene rings is 1.